The molecule has 1 unspecified atom stereocenters. The van der Waals surface area contributed by atoms with Gasteiger partial charge < -0.3 is 9.47 Å². The normalized spacial score (nSPS) is 17.9. The summed E-state index contributed by atoms with van der Waals surface area (Å²) in [6, 6.07) is 12.1. The van der Waals surface area contributed by atoms with E-state index < -0.39 is 17.4 Å². The second-order valence-electron chi connectivity index (χ2n) is 6.13. The summed E-state index contributed by atoms with van der Waals surface area (Å²) in [4.78, 5) is 12.5. The number of hydrogen-bond donors (Lipinski definition) is 0. The molecule has 1 aliphatic heterocycles. The molecular formula is C21H20F2O3. The van der Waals surface area contributed by atoms with Crippen LogP contribution in [0.1, 0.15) is 35.2 Å². The van der Waals surface area contributed by atoms with Crippen molar-refractivity contribution in [1.29, 1.82) is 0 Å². The van der Waals surface area contributed by atoms with Gasteiger partial charge in [0.05, 0.1) is 12.2 Å². The van der Waals surface area contributed by atoms with Crippen molar-refractivity contribution in [2.24, 2.45) is 0 Å². The first-order valence-electron chi connectivity index (χ1n) is 8.62. The minimum absolute atomic E-state index is 0.150. The van der Waals surface area contributed by atoms with Gasteiger partial charge in [0, 0.05) is 6.61 Å². The van der Waals surface area contributed by atoms with Crippen LogP contribution in [0.2, 0.25) is 0 Å². The highest BCUT2D eigenvalue weighted by molar-refractivity contribution is 6.08. The zero-order valence-corrected chi connectivity index (χ0v) is 14.3. The number of halogens is 2. The van der Waals surface area contributed by atoms with Gasteiger partial charge in [0.15, 0.2) is 12.1 Å². The molecule has 1 aliphatic rings. The van der Waals surface area contributed by atoms with Gasteiger partial charge in [0.2, 0.25) is 0 Å². The molecule has 0 bridgehead atoms. The molecule has 3 nitrogen and oxygen atoms in total. The standard InChI is InChI=1S/C21H20F2O3/c22-17-9-10-19(23)18(13-17)20(24)12-16(15-6-2-1-3-7-15)14-26-21-8-4-5-11-25-21/h1-3,6-7,9-10,12-13,21H,4-5,8,11,14H2. The molecular weight excluding hydrogens is 338 g/mol. The number of carbonyl (C=O) groups is 1. The third-order valence-electron chi connectivity index (χ3n) is 4.21. The first-order valence-corrected chi connectivity index (χ1v) is 8.62. The maximum Gasteiger partial charge on any atom is 0.189 e. The molecule has 0 spiro atoms. The number of carbonyl (C=O) groups excluding carboxylic acids is 1. The van der Waals surface area contributed by atoms with Gasteiger partial charge in [-0.15, -0.1) is 0 Å². The average molecular weight is 358 g/mol. The van der Waals surface area contributed by atoms with E-state index in [-0.39, 0.29) is 18.5 Å². The van der Waals surface area contributed by atoms with Crippen molar-refractivity contribution in [2.45, 2.75) is 25.6 Å². The molecule has 0 aliphatic carbocycles. The van der Waals surface area contributed by atoms with Crippen molar-refractivity contribution in [1.82, 2.24) is 0 Å². The molecule has 3 rings (SSSR count). The van der Waals surface area contributed by atoms with Crippen LogP contribution in [0.4, 0.5) is 8.78 Å². The lowest BCUT2D eigenvalue weighted by Gasteiger charge is -2.23. The van der Waals surface area contributed by atoms with Crippen molar-refractivity contribution in [3.8, 4) is 0 Å². The highest BCUT2D eigenvalue weighted by Crippen LogP contribution is 2.21. The first kappa shape index (κ1) is 18.4. The van der Waals surface area contributed by atoms with E-state index in [1.54, 1.807) is 0 Å². The van der Waals surface area contributed by atoms with Crippen molar-refractivity contribution in [3.05, 3.63) is 77.4 Å². The monoisotopic (exact) mass is 358 g/mol. The summed E-state index contributed by atoms with van der Waals surface area (Å²) in [7, 11) is 0. The van der Waals surface area contributed by atoms with E-state index in [1.807, 2.05) is 30.3 Å². The molecule has 26 heavy (non-hydrogen) atoms. The zero-order valence-electron chi connectivity index (χ0n) is 14.3. The van der Waals surface area contributed by atoms with E-state index in [1.165, 1.54) is 6.08 Å². The van der Waals surface area contributed by atoms with Gasteiger partial charge in [0.1, 0.15) is 11.6 Å². The van der Waals surface area contributed by atoms with Gasteiger partial charge in [-0.05, 0) is 54.7 Å². The Kier molecular flexibility index (Phi) is 6.26. The highest BCUT2D eigenvalue weighted by atomic mass is 19.1. The summed E-state index contributed by atoms with van der Waals surface area (Å²) in [5.41, 5.74) is 1.08. The molecule has 1 fully saturated rings. The number of ether oxygens (including phenoxy) is 2. The SMILES string of the molecule is O=C(C=C(COC1CCCCO1)c1ccccc1)c1cc(F)ccc1F. The molecule has 0 amide bonds. The van der Waals surface area contributed by atoms with Gasteiger partial charge in [-0.25, -0.2) is 8.78 Å². The number of allylic oxidation sites excluding steroid dienone is 1. The number of hydrogen-bond acceptors (Lipinski definition) is 3. The summed E-state index contributed by atoms with van der Waals surface area (Å²) in [6.07, 6.45) is 3.84. The second kappa shape index (κ2) is 8.83. The van der Waals surface area contributed by atoms with E-state index in [0.29, 0.717) is 12.2 Å². The maximum atomic E-state index is 13.9. The predicted octanol–water partition coefficient (Wildman–Crippen LogP) is 4.77. The fourth-order valence-electron chi connectivity index (χ4n) is 2.81. The van der Waals surface area contributed by atoms with Crippen molar-refractivity contribution < 1.29 is 23.0 Å². The van der Waals surface area contributed by atoms with Crippen LogP contribution in [0.3, 0.4) is 0 Å². The fraction of sp³-hybridized carbons (Fsp3) is 0.286. The maximum absolute atomic E-state index is 13.9. The van der Waals surface area contributed by atoms with Crippen LogP contribution in [0.15, 0.2) is 54.6 Å². The fourth-order valence-corrected chi connectivity index (χ4v) is 2.81. The van der Waals surface area contributed by atoms with Gasteiger partial charge in [-0.1, -0.05) is 30.3 Å². The number of rotatable bonds is 6. The van der Waals surface area contributed by atoms with Gasteiger partial charge in [0.25, 0.3) is 0 Å². The molecule has 1 heterocycles. The Morgan fingerprint density at radius 1 is 1.15 bits per heavy atom. The number of ketones is 1. The molecule has 0 saturated carbocycles. The predicted molar refractivity (Wildman–Crippen MR) is 94.7 cm³/mol. The Hall–Kier alpha value is -2.37. The molecule has 2 aromatic rings. The van der Waals surface area contributed by atoms with Crippen LogP contribution < -0.4 is 0 Å². The topological polar surface area (TPSA) is 35.5 Å². The van der Waals surface area contributed by atoms with Crippen LogP contribution in [0.5, 0.6) is 0 Å². The Balaban J connectivity index is 1.83. The Labute approximate surface area is 151 Å². The minimum Gasteiger partial charge on any atom is -0.353 e. The van der Waals surface area contributed by atoms with Gasteiger partial charge >= 0.3 is 0 Å². The minimum atomic E-state index is -0.753. The quantitative estimate of drug-likeness (QED) is 0.551. The largest absolute Gasteiger partial charge is 0.353 e. The summed E-state index contributed by atoms with van der Waals surface area (Å²) >= 11 is 0. The molecule has 0 radical (unpaired) electrons. The molecule has 136 valence electrons. The smallest absolute Gasteiger partial charge is 0.189 e. The van der Waals surface area contributed by atoms with Crippen molar-refractivity contribution >= 4 is 11.4 Å². The summed E-state index contributed by atoms with van der Waals surface area (Å²) in [5.74, 6) is -2.01. The van der Waals surface area contributed by atoms with Crippen LogP contribution in [0.25, 0.3) is 5.57 Å². The summed E-state index contributed by atoms with van der Waals surface area (Å²) in [5, 5.41) is 0. The molecule has 1 atom stereocenters. The summed E-state index contributed by atoms with van der Waals surface area (Å²) in [6.45, 7) is 0.805. The lowest BCUT2D eigenvalue weighted by Crippen LogP contribution is -2.23. The third kappa shape index (κ3) is 4.84. The van der Waals surface area contributed by atoms with E-state index >= 15 is 0 Å². The van der Waals surface area contributed by atoms with Crippen LogP contribution >= 0.6 is 0 Å². The third-order valence-corrected chi connectivity index (χ3v) is 4.21. The molecule has 1 saturated heterocycles. The second-order valence-corrected chi connectivity index (χ2v) is 6.13. The van der Waals surface area contributed by atoms with Gasteiger partial charge in [-0.2, -0.15) is 0 Å². The Morgan fingerprint density at radius 3 is 2.69 bits per heavy atom. The van der Waals surface area contributed by atoms with E-state index in [0.717, 1.165) is 43.0 Å². The molecule has 2 aromatic carbocycles. The summed E-state index contributed by atoms with van der Waals surface area (Å²) < 4.78 is 38.6. The van der Waals surface area contributed by atoms with Crippen molar-refractivity contribution in [3.63, 3.8) is 0 Å². The van der Waals surface area contributed by atoms with Gasteiger partial charge in [-0.3, -0.25) is 4.79 Å². The molecule has 0 N–H and O–H groups in total. The van der Waals surface area contributed by atoms with E-state index in [4.69, 9.17) is 9.47 Å². The van der Waals surface area contributed by atoms with Crippen molar-refractivity contribution in [2.75, 3.05) is 13.2 Å². The van der Waals surface area contributed by atoms with Crippen LogP contribution in [-0.2, 0) is 9.47 Å². The number of benzene rings is 2. The molecule has 5 heteroatoms. The highest BCUT2D eigenvalue weighted by Gasteiger charge is 2.17. The van der Waals surface area contributed by atoms with E-state index in [2.05, 4.69) is 0 Å². The Morgan fingerprint density at radius 2 is 1.96 bits per heavy atom. The van der Waals surface area contributed by atoms with Crippen LogP contribution in [-0.4, -0.2) is 25.3 Å². The Bertz CT molecular complexity index is 781. The first-order chi connectivity index (χ1) is 12.6. The lowest BCUT2D eigenvalue weighted by atomic mass is 10.0. The average Bonchev–Trinajstić information content (AvgIpc) is 2.68. The molecule has 0 aromatic heterocycles. The van der Waals surface area contributed by atoms with E-state index in [9.17, 15) is 13.6 Å². The lowest BCUT2D eigenvalue weighted by molar-refractivity contribution is -0.154. The van der Waals surface area contributed by atoms with Crippen LogP contribution in [0, 0.1) is 11.6 Å². The zero-order chi connectivity index (χ0) is 18.4.